The van der Waals surface area contributed by atoms with Crippen LogP contribution in [0.2, 0.25) is 5.02 Å². The number of hydrogen-bond donors (Lipinski definition) is 0. The molecule has 3 aromatic carbocycles. The highest BCUT2D eigenvalue weighted by Crippen LogP contribution is 2.35. The summed E-state index contributed by atoms with van der Waals surface area (Å²) in [7, 11) is 1.61. The number of benzene rings is 3. The van der Waals surface area contributed by atoms with E-state index in [0.29, 0.717) is 11.6 Å². The summed E-state index contributed by atoms with van der Waals surface area (Å²) in [6.45, 7) is 0.385. The van der Waals surface area contributed by atoms with Gasteiger partial charge in [-0.15, -0.1) is 0 Å². The summed E-state index contributed by atoms with van der Waals surface area (Å²) < 4.78 is 11.5. The fourth-order valence-corrected chi connectivity index (χ4v) is 3.44. The Balaban J connectivity index is 1.67. The van der Waals surface area contributed by atoms with Crippen LogP contribution in [-0.4, -0.2) is 19.2 Å². The molecule has 1 atom stereocenters. The lowest BCUT2D eigenvalue weighted by atomic mass is 10.1. The van der Waals surface area contributed by atoms with Crippen molar-refractivity contribution in [2.24, 2.45) is 0 Å². The van der Waals surface area contributed by atoms with Crippen molar-refractivity contribution in [3.63, 3.8) is 0 Å². The number of anilines is 1. The summed E-state index contributed by atoms with van der Waals surface area (Å²) in [5.74, 6) is 0.603. The summed E-state index contributed by atoms with van der Waals surface area (Å²) in [5.41, 5.74) is 3.49. The second kappa shape index (κ2) is 8.52. The molecule has 4 rings (SSSR count). The standard InChI is InChI=1S/C24H20ClNO3/c1-28-21-13-11-20(12-14-21)26-23(27)15-22(18-7-9-19(25)10-8-18)24(26)29-16-17-5-3-2-4-6-17/h2-15,24H,16H2,1H3. The van der Waals surface area contributed by atoms with E-state index in [1.807, 2.05) is 78.9 Å². The Kier molecular flexibility index (Phi) is 5.65. The van der Waals surface area contributed by atoms with Crippen LogP contribution in [0.4, 0.5) is 5.69 Å². The summed E-state index contributed by atoms with van der Waals surface area (Å²) in [6.07, 6.45) is 1.08. The molecule has 1 aliphatic heterocycles. The van der Waals surface area contributed by atoms with Gasteiger partial charge in [-0.25, -0.2) is 0 Å². The van der Waals surface area contributed by atoms with Crippen molar-refractivity contribution in [3.8, 4) is 5.75 Å². The van der Waals surface area contributed by atoms with Gasteiger partial charge < -0.3 is 9.47 Å². The second-order valence-corrected chi connectivity index (χ2v) is 7.10. The molecule has 0 spiro atoms. The summed E-state index contributed by atoms with van der Waals surface area (Å²) >= 11 is 6.04. The van der Waals surface area contributed by atoms with Gasteiger partial charge in [-0.05, 0) is 47.5 Å². The zero-order valence-corrected chi connectivity index (χ0v) is 16.7. The predicted octanol–water partition coefficient (Wildman–Crippen LogP) is 5.32. The number of carbonyl (C=O) groups excluding carboxylic acids is 1. The van der Waals surface area contributed by atoms with Gasteiger partial charge in [0.05, 0.1) is 13.7 Å². The van der Waals surface area contributed by atoms with E-state index in [-0.39, 0.29) is 5.91 Å². The number of rotatable bonds is 6. The number of methoxy groups -OCH3 is 1. The molecule has 0 N–H and O–H groups in total. The highest BCUT2D eigenvalue weighted by molar-refractivity contribution is 6.30. The van der Waals surface area contributed by atoms with Crippen LogP contribution in [-0.2, 0) is 16.1 Å². The monoisotopic (exact) mass is 405 g/mol. The van der Waals surface area contributed by atoms with Gasteiger partial charge in [-0.3, -0.25) is 9.69 Å². The number of amides is 1. The Hall–Kier alpha value is -3.08. The molecule has 1 unspecified atom stereocenters. The second-order valence-electron chi connectivity index (χ2n) is 6.66. The molecule has 0 radical (unpaired) electrons. The van der Waals surface area contributed by atoms with Gasteiger partial charge in [0.25, 0.3) is 5.91 Å². The minimum atomic E-state index is -0.544. The molecule has 0 aliphatic carbocycles. The Morgan fingerprint density at radius 3 is 2.28 bits per heavy atom. The van der Waals surface area contributed by atoms with E-state index < -0.39 is 6.23 Å². The van der Waals surface area contributed by atoms with Gasteiger partial charge in [-0.1, -0.05) is 54.1 Å². The van der Waals surface area contributed by atoms with Crippen molar-refractivity contribution >= 4 is 28.8 Å². The van der Waals surface area contributed by atoms with Gasteiger partial charge in [0, 0.05) is 22.4 Å². The van der Waals surface area contributed by atoms with Crippen LogP contribution in [0.25, 0.3) is 5.57 Å². The first kappa shape index (κ1) is 19.2. The molecule has 1 aliphatic rings. The van der Waals surface area contributed by atoms with Gasteiger partial charge >= 0.3 is 0 Å². The maximum atomic E-state index is 12.9. The quantitative estimate of drug-likeness (QED) is 0.557. The third kappa shape index (κ3) is 4.19. The van der Waals surface area contributed by atoms with Gasteiger partial charge in [0.1, 0.15) is 5.75 Å². The maximum absolute atomic E-state index is 12.9. The fraction of sp³-hybridized carbons (Fsp3) is 0.125. The van der Waals surface area contributed by atoms with E-state index in [0.717, 1.165) is 28.1 Å². The molecule has 0 saturated heterocycles. The average Bonchev–Trinajstić information content (AvgIpc) is 3.09. The minimum absolute atomic E-state index is 0.127. The van der Waals surface area contributed by atoms with Crippen molar-refractivity contribution in [2.45, 2.75) is 12.8 Å². The number of carbonyl (C=O) groups is 1. The number of ether oxygens (including phenoxy) is 2. The lowest BCUT2D eigenvalue weighted by Gasteiger charge is -2.28. The number of halogens is 1. The highest BCUT2D eigenvalue weighted by Gasteiger charge is 2.35. The predicted molar refractivity (Wildman–Crippen MR) is 115 cm³/mol. The maximum Gasteiger partial charge on any atom is 0.253 e. The molecule has 0 bridgehead atoms. The zero-order chi connectivity index (χ0) is 20.2. The Morgan fingerprint density at radius 1 is 0.931 bits per heavy atom. The fourth-order valence-electron chi connectivity index (χ4n) is 3.32. The van der Waals surface area contributed by atoms with Crippen molar-refractivity contribution in [1.29, 1.82) is 0 Å². The van der Waals surface area contributed by atoms with Crippen LogP contribution < -0.4 is 9.64 Å². The first-order valence-corrected chi connectivity index (χ1v) is 9.64. The normalized spacial score (nSPS) is 16.1. The first-order chi connectivity index (χ1) is 14.2. The van der Waals surface area contributed by atoms with Crippen LogP contribution in [0, 0.1) is 0 Å². The molecule has 1 amide bonds. The van der Waals surface area contributed by atoms with Crippen molar-refractivity contribution in [3.05, 3.63) is 101 Å². The molecule has 1 heterocycles. The van der Waals surface area contributed by atoms with Gasteiger partial charge in [0.15, 0.2) is 6.23 Å². The van der Waals surface area contributed by atoms with Crippen LogP contribution in [0.15, 0.2) is 84.9 Å². The smallest absolute Gasteiger partial charge is 0.253 e. The number of nitrogens with zero attached hydrogens (tertiary/aromatic N) is 1. The molecule has 3 aromatic rings. The molecule has 29 heavy (non-hydrogen) atoms. The largest absolute Gasteiger partial charge is 0.497 e. The van der Waals surface area contributed by atoms with Gasteiger partial charge in [-0.2, -0.15) is 0 Å². The molecular weight excluding hydrogens is 386 g/mol. The SMILES string of the molecule is COc1ccc(N2C(=O)C=C(c3ccc(Cl)cc3)C2OCc2ccccc2)cc1. The third-order valence-electron chi connectivity index (χ3n) is 4.80. The molecule has 0 saturated carbocycles. The average molecular weight is 406 g/mol. The summed E-state index contributed by atoms with van der Waals surface area (Å²) in [5, 5.41) is 0.646. The van der Waals surface area contributed by atoms with Crippen molar-refractivity contribution in [2.75, 3.05) is 12.0 Å². The van der Waals surface area contributed by atoms with E-state index >= 15 is 0 Å². The molecule has 4 nitrogen and oxygen atoms in total. The summed E-state index contributed by atoms with van der Waals surface area (Å²) in [4.78, 5) is 14.6. The molecule has 0 aromatic heterocycles. The lowest BCUT2D eigenvalue weighted by molar-refractivity contribution is -0.115. The zero-order valence-electron chi connectivity index (χ0n) is 15.9. The molecule has 0 fully saturated rings. The van der Waals surface area contributed by atoms with Crippen LogP contribution >= 0.6 is 11.6 Å². The number of hydrogen-bond acceptors (Lipinski definition) is 3. The Morgan fingerprint density at radius 2 is 1.62 bits per heavy atom. The van der Waals surface area contributed by atoms with E-state index in [2.05, 4.69) is 0 Å². The van der Waals surface area contributed by atoms with Crippen molar-refractivity contribution in [1.82, 2.24) is 0 Å². The molecular formula is C24H20ClNO3. The third-order valence-corrected chi connectivity index (χ3v) is 5.05. The Bertz CT molecular complexity index is 1010. The lowest BCUT2D eigenvalue weighted by Crippen LogP contribution is -2.37. The van der Waals surface area contributed by atoms with E-state index in [1.54, 1.807) is 18.1 Å². The van der Waals surface area contributed by atoms with Gasteiger partial charge in [0.2, 0.25) is 0 Å². The van der Waals surface area contributed by atoms with E-state index in [4.69, 9.17) is 21.1 Å². The van der Waals surface area contributed by atoms with Crippen LogP contribution in [0.5, 0.6) is 5.75 Å². The first-order valence-electron chi connectivity index (χ1n) is 9.26. The summed E-state index contributed by atoms with van der Waals surface area (Å²) in [6, 6.07) is 24.7. The van der Waals surface area contributed by atoms with Crippen LogP contribution in [0.3, 0.4) is 0 Å². The molecule has 5 heteroatoms. The van der Waals surface area contributed by atoms with Crippen LogP contribution in [0.1, 0.15) is 11.1 Å². The van der Waals surface area contributed by atoms with E-state index in [1.165, 1.54) is 0 Å². The topological polar surface area (TPSA) is 38.8 Å². The van der Waals surface area contributed by atoms with Crippen molar-refractivity contribution < 1.29 is 14.3 Å². The molecule has 146 valence electrons. The van der Waals surface area contributed by atoms with E-state index in [9.17, 15) is 4.79 Å². The highest BCUT2D eigenvalue weighted by atomic mass is 35.5. The Labute approximate surface area is 174 Å². The minimum Gasteiger partial charge on any atom is -0.497 e.